The highest BCUT2D eigenvalue weighted by Crippen LogP contribution is 2.20. The van der Waals surface area contributed by atoms with E-state index in [2.05, 4.69) is 0 Å². The predicted octanol–water partition coefficient (Wildman–Crippen LogP) is 0.0789. The summed E-state index contributed by atoms with van der Waals surface area (Å²) >= 11 is 0. The smallest absolute Gasteiger partial charge is 0.236 e. The number of carbonyl (C=O) groups excluding carboxylic acids is 1. The van der Waals surface area contributed by atoms with Crippen LogP contribution in [0.5, 0.6) is 0 Å². The fourth-order valence-electron chi connectivity index (χ4n) is 2.85. The van der Waals surface area contributed by atoms with Gasteiger partial charge in [-0.05, 0) is 27.2 Å². The molecule has 2 rings (SSSR count). The molecule has 0 spiro atoms. The number of likely N-dealkylation sites (tertiary alicyclic amines) is 1. The minimum Gasteiger partial charge on any atom is -0.389 e. The molecule has 0 aliphatic carbocycles. The van der Waals surface area contributed by atoms with Crippen molar-refractivity contribution >= 4 is 5.91 Å². The summed E-state index contributed by atoms with van der Waals surface area (Å²) in [5, 5.41) is 9.89. The van der Waals surface area contributed by atoms with Crippen LogP contribution in [0.2, 0.25) is 0 Å². The van der Waals surface area contributed by atoms with E-state index in [9.17, 15) is 9.90 Å². The van der Waals surface area contributed by atoms with Crippen LogP contribution in [0, 0.1) is 0 Å². The summed E-state index contributed by atoms with van der Waals surface area (Å²) in [6, 6.07) is 0. The van der Waals surface area contributed by atoms with E-state index in [-0.39, 0.29) is 18.1 Å². The first-order valence-electron chi connectivity index (χ1n) is 6.74. The van der Waals surface area contributed by atoms with E-state index < -0.39 is 5.60 Å². The van der Waals surface area contributed by atoms with Crippen LogP contribution in [0.1, 0.15) is 27.2 Å². The molecule has 3 atom stereocenters. The number of nitrogens with zero attached hydrogens (tertiary/aromatic N) is 2. The Morgan fingerprint density at radius 3 is 2.50 bits per heavy atom. The lowest BCUT2D eigenvalue weighted by Gasteiger charge is -2.36. The van der Waals surface area contributed by atoms with Gasteiger partial charge in [0.25, 0.3) is 0 Å². The summed E-state index contributed by atoms with van der Waals surface area (Å²) in [4.78, 5) is 16.1. The Kier molecular flexibility index (Phi) is 3.94. The molecule has 5 heteroatoms. The van der Waals surface area contributed by atoms with Crippen LogP contribution in [-0.2, 0) is 9.53 Å². The van der Waals surface area contributed by atoms with E-state index in [1.807, 2.05) is 30.6 Å². The largest absolute Gasteiger partial charge is 0.389 e. The van der Waals surface area contributed by atoms with Crippen LogP contribution in [0.15, 0.2) is 0 Å². The first kappa shape index (κ1) is 13.8. The Balaban J connectivity index is 1.84. The zero-order valence-electron chi connectivity index (χ0n) is 11.6. The Morgan fingerprint density at radius 2 is 2.00 bits per heavy atom. The minimum absolute atomic E-state index is 0.111. The fraction of sp³-hybridized carbons (Fsp3) is 0.923. The molecule has 2 aliphatic rings. The molecule has 1 amide bonds. The minimum atomic E-state index is -0.633. The van der Waals surface area contributed by atoms with Crippen LogP contribution >= 0.6 is 0 Å². The maximum absolute atomic E-state index is 12.2. The molecule has 0 aromatic rings. The molecular formula is C13H24N2O3. The third-order valence-electron chi connectivity index (χ3n) is 3.66. The van der Waals surface area contributed by atoms with Crippen LogP contribution in [0.3, 0.4) is 0 Å². The van der Waals surface area contributed by atoms with Gasteiger partial charge < -0.3 is 14.7 Å². The lowest BCUT2D eigenvalue weighted by Crippen LogP contribution is -2.51. The first-order chi connectivity index (χ1) is 8.35. The van der Waals surface area contributed by atoms with Crippen LogP contribution in [0.4, 0.5) is 0 Å². The quantitative estimate of drug-likeness (QED) is 0.760. The molecule has 2 saturated heterocycles. The number of hydrogen-bond donors (Lipinski definition) is 1. The summed E-state index contributed by atoms with van der Waals surface area (Å²) in [6.45, 7) is 8.97. The second kappa shape index (κ2) is 5.15. The van der Waals surface area contributed by atoms with Gasteiger partial charge in [0.2, 0.25) is 5.91 Å². The summed E-state index contributed by atoms with van der Waals surface area (Å²) < 4.78 is 5.62. The number of ether oxygens (including phenoxy) is 1. The molecule has 1 N–H and O–H groups in total. The molecule has 18 heavy (non-hydrogen) atoms. The van der Waals surface area contributed by atoms with Crippen molar-refractivity contribution in [1.82, 2.24) is 9.80 Å². The number of morpholine rings is 1. The van der Waals surface area contributed by atoms with E-state index >= 15 is 0 Å². The lowest BCUT2D eigenvalue weighted by molar-refractivity contribution is -0.144. The van der Waals surface area contributed by atoms with Gasteiger partial charge in [-0.25, -0.2) is 0 Å². The van der Waals surface area contributed by atoms with Gasteiger partial charge >= 0.3 is 0 Å². The Hall–Kier alpha value is -0.650. The van der Waals surface area contributed by atoms with Crippen LogP contribution in [-0.4, -0.2) is 71.3 Å². The molecule has 2 heterocycles. The van der Waals surface area contributed by atoms with Crippen molar-refractivity contribution in [2.45, 2.75) is 45.0 Å². The Bertz CT molecular complexity index is 309. The molecule has 3 unspecified atom stereocenters. The third kappa shape index (κ3) is 3.43. The zero-order valence-corrected chi connectivity index (χ0v) is 11.6. The van der Waals surface area contributed by atoms with Crippen molar-refractivity contribution in [2.75, 3.05) is 32.7 Å². The van der Waals surface area contributed by atoms with Crippen molar-refractivity contribution in [3.05, 3.63) is 0 Å². The number of amides is 1. The number of hydrogen-bond acceptors (Lipinski definition) is 4. The summed E-state index contributed by atoms with van der Waals surface area (Å²) in [5.41, 5.74) is -0.633. The predicted molar refractivity (Wildman–Crippen MR) is 68.3 cm³/mol. The van der Waals surface area contributed by atoms with Crippen molar-refractivity contribution in [2.24, 2.45) is 0 Å². The van der Waals surface area contributed by atoms with E-state index in [0.717, 1.165) is 13.0 Å². The molecule has 0 aromatic heterocycles. The van der Waals surface area contributed by atoms with Crippen LogP contribution < -0.4 is 0 Å². The van der Waals surface area contributed by atoms with Crippen molar-refractivity contribution in [3.63, 3.8) is 0 Å². The summed E-state index contributed by atoms with van der Waals surface area (Å²) in [5.74, 6) is 0.148. The van der Waals surface area contributed by atoms with Crippen molar-refractivity contribution in [1.29, 1.82) is 0 Å². The van der Waals surface area contributed by atoms with E-state index in [4.69, 9.17) is 4.74 Å². The van der Waals surface area contributed by atoms with Gasteiger partial charge in [-0.15, -0.1) is 0 Å². The highest BCUT2D eigenvalue weighted by molar-refractivity contribution is 5.78. The lowest BCUT2D eigenvalue weighted by atomic mass is 10.1. The number of carbonyl (C=O) groups is 1. The number of aliphatic hydroxyl groups is 1. The van der Waals surface area contributed by atoms with Gasteiger partial charge in [0.15, 0.2) is 0 Å². The normalized spacial score (nSPS) is 38.1. The van der Waals surface area contributed by atoms with Gasteiger partial charge in [0.1, 0.15) is 0 Å². The van der Waals surface area contributed by atoms with Gasteiger partial charge in [0, 0.05) is 26.2 Å². The summed E-state index contributed by atoms with van der Waals surface area (Å²) in [6.07, 6.45) is 0.967. The molecular weight excluding hydrogens is 232 g/mol. The van der Waals surface area contributed by atoms with Gasteiger partial charge in [-0.3, -0.25) is 9.69 Å². The van der Waals surface area contributed by atoms with Crippen molar-refractivity contribution < 1.29 is 14.6 Å². The molecule has 104 valence electrons. The topological polar surface area (TPSA) is 53.0 Å². The number of β-amino-alcohol motifs (C(OH)–C–C–N with tert-alkyl or cyclic N) is 1. The zero-order chi connectivity index (χ0) is 13.3. The average Bonchev–Trinajstić information content (AvgIpc) is 2.56. The first-order valence-corrected chi connectivity index (χ1v) is 6.74. The monoisotopic (exact) mass is 256 g/mol. The highest BCUT2D eigenvalue weighted by atomic mass is 16.5. The number of rotatable bonds is 2. The van der Waals surface area contributed by atoms with E-state index in [1.165, 1.54) is 0 Å². The average molecular weight is 256 g/mol. The molecule has 0 saturated carbocycles. The third-order valence-corrected chi connectivity index (χ3v) is 3.66. The standard InChI is InChI=1S/C13H24N2O3/c1-10-6-15(7-11(2)18-10)12(16)8-14-5-4-13(3,17)9-14/h10-11,17H,4-9H2,1-3H3. The van der Waals surface area contributed by atoms with E-state index in [1.54, 1.807) is 0 Å². The summed E-state index contributed by atoms with van der Waals surface area (Å²) in [7, 11) is 0. The van der Waals surface area contributed by atoms with Gasteiger partial charge in [-0.2, -0.15) is 0 Å². The maximum atomic E-state index is 12.2. The van der Waals surface area contributed by atoms with Gasteiger partial charge in [0.05, 0.1) is 24.4 Å². The molecule has 0 bridgehead atoms. The molecule has 0 aromatic carbocycles. The second-order valence-electron chi connectivity index (χ2n) is 6.01. The van der Waals surface area contributed by atoms with Crippen LogP contribution in [0.25, 0.3) is 0 Å². The molecule has 5 nitrogen and oxygen atoms in total. The van der Waals surface area contributed by atoms with Gasteiger partial charge in [-0.1, -0.05) is 0 Å². The SMILES string of the molecule is CC1CN(C(=O)CN2CCC(C)(O)C2)CC(C)O1. The fourth-order valence-corrected chi connectivity index (χ4v) is 2.85. The molecule has 2 fully saturated rings. The Labute approximate surface area is 109 Å². The molecule has 2 aliphatic heterocycles. The second-order valence-corrected chi connectivity index (χ2v) is 6.01. The Morgan fingerprint density at radius 1 is 1.39 bits per heavy atom. The maximum Gasteiger partial charge on any atom is 0.236 e. The van der Waals surface area contributed by atoms with E-state index in [0.29, 0.717) is 26.2 Å². The molecule has 0 radical (unpaired) electrons. The highest BCUT2D eigenvalue weighted by Gasteiger charge is 2.34. The van der Waals surface area contributed by atoms with Crippen molar-refractivity contribution in [3.8, 4) is 0 Å².